The molecule has 1 amide bonds. The molecule has 0 bridgehead atoms. The first-order valence-electron chi connectivity index (χ1n) is 12.6. The zero-order chi connectivity index (χ0) is 25.4. The first-order chi connectivity index (χ1) is 18.1. The number of pyridine rings is 1. The normalized spacial score (nSPS) is 19.5. The van der Waals surface area contributed by atoms with Crippen molar-refractivity contribution in [3.8, 4) is 0 Å². The van der Waals surface area contributed by atoms with Crippen LogP contribution < -0.4 is 5.56 Å². The quantitative estimate of drug-likeness (QED) is 0.425. The van der Waals surface area contributed by atoms with Crippen molar-refractivity contribution in [2.45, 2.75) is 38.5 Å². The number of aromatic amines is 1. The third-order valence-corrected chi connectivity index (χ3v) is 7.23. The topological polar surface area (TPSA) is 122 Å². The van der Waals surface area contributed by atoms with Crippen molar-refractivity contribution in [1.82, 2.24) is 35.0 Å². The Kier molecular flexibility index (Phi) is 6.31. The number of carbonyl (C=O) groups excluding carboxylic acids is 1. The van der Waals surface area contributed by atoms with Crippen molar-refractivity contribution in [2.24, 2.45) is 0 Å². The molecule has 3 aromatic heterocycles. The highest BCUT2D eigenvalue weighted by molar-refractivity contribution is 5.91. The number of nitrogens with one attached hydrogen (secondary N) is 1. The number of aromatic nitrogens is 5. The largest absolute Gasteiger partial charge is 0.459 e. The van der Waals surface area contributed by atoms with Gasteiger partial charge in [-0.1, -0.05) is 11.6 Å². The summed E-state index contributed by atoms with van der Waals surface area (Å²) < 4.78 is 12.9. The summed E-state index contributed by atoms with van der Waals surface area (Å²) in [6, 6.07) is 10.8. The third-order valence-electron chi connectivity index (χ3n) is 7.23. The number of fused-ring (bicyclic) bond motifs is 1. The Balaban J connectivity index is 1.35. The molecule has 0 aliphatic carbocycles. The summed E-state index contributed by atoms with van der Waals surface area (Å²) in [6.07, 6.45) is 3.51. The number of furan rings is 1. The Morgan fingerprint density at radius 1 is 1.19 bits per heavy atom. The smallest absolute Gasteiger partial charge is 0.289 e. The minimum absolute atomic E-state index is 0.0446. The van der Waals surface area contributed by atoms with Crippen LogP contribution in [0.5, 0.6) is 0 Å². The standard InChI is InChI=1S/C26H29N7O4/c1-17-6-7-21-18(14-17)15-20(25(34)27-21)23(24-28-29-30-33(24)16-19-4-2-12-36-19)31-8-10-32(11-9-31)26(35)22-5-3-13-37-22/h3,5-7,13-15,19,23H,2,4,8-12,16H2,1H3,(H,27,34)/t19-,23+/m0/s1. The summed E-state index contributed by atoms with van der Waals surface area (Å²) in [5.41, 5.74) is 2.29. The van der Waals surface area contributed by atoms with E-state index in [-0.39, 0.29) is 17.6 Å². The van der Waals surface area contributed by atoms with Crippen molar-refractivity contribution in [3.63, 3.8) is 0 Å². The van der Waals surface area contributed by atoms with Gasteiger partial charge in [0.1, 0.15) is 6.04 Å². The number of amides is 1. The van der Waals surface area contributed by atoms with Crippen LogP contribution in [0.25, 0.3) is 10.9 Å². The lowest BCUT2D eigenvalue weighted by Crippen LogP contribution is -2.50. The fourth-order valence-electron chi connectivity index (χ4n) is 5.30. The summed E-state index contributed by atoms with van der Waals surface area (Å²) in [5, 5.41) is 13.6. The van der Waals surface area contributed by atoms with E-state index in [2.05, 4.69) is 31.5 Å². The van der Waals surface area contributed by atoms with E-state index in [1.54, 1.807) is 21.7 Å². The zero-order valence-corrected chi connectivity index (χ0v) is 20.7. The molecule has 0 radical (unpaired) electrons. The highest BCUT2D eigenvalue weighted by Gasteiger charge is 2.34. The number of aryl methyl sites for hydroxylation is 1. The third kappa shape index (κ3) is 4.67. The van der Waals surface area contributed by atoms with Gasteiger partial charge in [0.05, 0.1) is 18.9 Å². The van der Waals surface area contributed by atoms with Crippen LogP contribution in [0.15, 0.2) is 51.9 Å². The monoisotopic (exact) mass is 503 g/mol. The van der Waals surface area contributed by atoms with Crippen LogP contribution in [0.1, 0.15) is 46.4 Å². The molecular formula is C26H29N7O4. The number of rotatable bonds is 6. The van der Waals surface area contributed by atoms with Crippen LogP contribution in [-0.4, -0.2) is 79.8 Å². The maximum atomic E-state index is 13.4. The van der Waals surface area contributed by atoms with Crippen LogP contribution in [0, 0.1) is 6.92 Å². The first-order valence-corrected chi connectivity index (χ1v) is 12.6. The van der Waals surface area contributed by atoms with Gasteiger partial charge in [0, 0.05) is 43.9 Å². The molecular weight excluding hydrogens is 474 g/mol. The lowest BCUT2D eigenvalue weighted by molar-refractivity contribution is 0.0550. The number of hydrogen-bond donors (Lipinski definition) is 1. The van der Waals surface area contributed by atoms with Crippen LogP contribution in [-0.2, 0) is 11.3 Å². The van der Waals surface area contributed by atoms with Gasteiger partial charge in [-0.3, -0.25) is 14.5 Å². The lowest BCUT2D eigenvalue weighted by atomic mass is 10.0. The summed E-state index contributed by atoms with van der Waals surface area (Å²) in [7, 11) is 0. The van der Waals surface area contributed by atoms with E-state index >= 15 is 0 Å². The minimum atomic E-state index is -0.481. The number of ether oxygens (including phenoxy) is 1. The summed E-state index contributed by atoms with van der Waals surface area (Å²) in [6.45, 7) is 5.38. The average molecular weight is 504 g/mol. The number of nitrogens with zero attached hydrogens (tertiary/aromatic N) is 6. The molecule has 2 atom stereocenters. The van der Waals surface area contributed by atoms with Gasteiger partial charge in [-0.05, 0) is 65.9 Å². The van der Waals surface area contributed by atoms with E-state index in [0.29, 0.717) is 49.9 Å². The van der Waals surface area contributed by atoms with Gasteiger partial charge >= 0.3 is 0 Å². The van der Waals surface area contributed by atoms with Gasteiger partial charge in [0.25, 0.3) is 11.5 Å². The van der Waals surface area contributed by atoms with E-state index < -0.39 is 6.04 Å². The highest BCUT2D eigenvalue weighted by atomic mass is 16.5. The fraction of sp³-hybridized carbons (Fsp3) is 0.423. The van der Waals surface area contributed by atoms with Crippen LogP contribution in [0.4, 0.5) is 0 Å². The summed E-state index contributed by atoms with van der Waals surface area (Å²) >= 11 is 0. The lowest BCUT2D eigenvalue weighted by Gasteiger charge is -2.38. The van der Waals surface area contributed by atoms with E-state index in [1.165, 1.54) is 6.26 Å². The summed E-state index contributed by atoms with van der Waals surface area (Å²) in [5.74, 6) is 0.786. The Labute approximate surface area is 213 Å². The van der Waals surface area contributed by atoms with Gasteiger partial charge in [-0.25, -0.2) is 4.68 Å². The maximum absolute atomic E-state index is 13.4. The van der Waals surface area contributed by atoms with Gasteiger partial charge in [-0.15, -0.1) is 5.10 Å². The molecule has 5 heterocycles. The predicted octanol–water partition coefficient (Wildman–Crippen LogP) is 2.14. The first kappa shape index (κ1) is 23.6. The Morgan fingerprint density at radius 3 is 2.81 bits per heavy atom. The predicted molar refractivity (Wildman–Crippen MR) is 134 cm³/mol. The number of piperazine rings is 1. The van der Waals surface area contributed by atoms with Crippen molar-refractivity contribution < 1.29 is 13.9 Å². The number of carbonyl (C=O) groups is 1. The van der Waals surface area contributed by atoms with E-state index in [4.69, 9.17) is 9.15 Å². The van der Waals surface area contributed by atoms with E-state index in [9.17, 15) is 9.59 Å². The van der Waals surface area contributed by atoms with Crippen LogP contribution in [0.3, 0.4) is 0 Å². The molecule has 2 saturated heterocycles. The van der Waals surface area contributed by atoms with Gasteiger partial charge < -0.3 is 19.0 Å². The zero-order valence-electron chi connectivity index (χ0n) is 20.7. The molecule has 0 spiro atoms. The SMILES string of the molecule is Cc1ccc2[nH]c(=O)c([C@H](c3nnnn3C[C@@H]3CCCO3)N3CCN(C(=O)c4ccco4)CC3)cc2c1. The van der Waals surface area contributed by atoms with E-state index in [1.807, 2.05) is 25.1 Å². The maximum Gasteiger partial charge on any atom is 0.289 e. The second-order valence-electron chi connectivity index (χ2n) is 9.71. The van der Waals surface area contributed by atoms with Gasteiger partial charge in [-0.2, -0.15) is 0 Å². The fourth-order valence-corrected chi connectivity index (χ4v) is 5.30. The van der Waals surface area contributed by atoms with Crippen molar-refractivity contribution in [3.05, 3.63) is 75.7 Å². The second kappa shape index (κ2) is 9.91. The van der Waals surface area contributed by atoms with Crippen LogP contribution in [0.2, 0.25) is 0 Å². The number of H-pyrrole nitrogens is 1. The molecule has 11 heteroatoms. The molecule has 1 N–H and O–H groups in total. The number of hydrogen-bond acceptors (Lipinski definition) is 8. The molecule has 37 heavy (non-hydrogen) atoms. The molecule has 2 fully saturated rings. The van der Waals surface area contributed by atoms with Crippen molar-refractivity contribution in [1.29, 1.82) is 0 Å². The van der Waals surface area contributed by atoms with Gasteiger partial charge in [0.2, 0.25) is 0 Å². The second-order valence-corrected chi connectivity index (χ2v) is 9.71. The Hall–Kier alpha value is -3.83. The molecule has 6 rings (SSSR count). The van der Waals surface area contributed by atoms with Gasteiger partial charge in [0.15, 0.2) is 11.6 Å². The molecule has 0 unspecified atom stereocenters. The highest BCUT2D eigenvalue weighted by Crippen LogP contribution is 2.29. The molecule has 1 aromatic carbocycles. The molecule has 0 saturated carbocycles. The van der Waals surface area contributed by atoms with Crippen LogP contribution >= 0.6 is 0 Å². The number of benzene rings is 1. The summed E-state index contributed by atoms with van der Waals surface area (Å²) in [4.78, 5) is 33.2. The molecule has 192 valence electrons. The molecule has 2 aliphatic rings. The Morgan fingerprint density at radius 2 is 2.05 bits per heavy atom. The minimum Gasteiger partial charge on any atom is -0.459 e. The van der Waals surface area contributed by atoms with Crippen molar-refractivity contribution >= 4 is 16.8 Å². The van der Waals surface area contributed by atoms with Crippen molar-refractivity contribution in [2.75, 3.05) is 32.8 Å². The molecule has 2 aliphatic heterocycles. The Bertz CT molecular complexity index is 1450. The average Bonchev–Trinajstić information content (AvgIpc) is 3.69. The molecule has 11 nitrogen and oxygen atoms in total. The van der Waals surface area contributed by atoms with E-state index in [0.717, 1.165) is 35.9 Å². The number of tetrazole rings is 1. The molecule has 4 aromatic rings.